The highest BCUT2D eigenvalue weighted by Gasteiger charge is 2.26. The molecule has 0 saturated heterocycles. The minimum absolute atomic E-state index is 0.538. The second kappa shape index (κ2) is 11.6. The van der Waals surface area contributed by atoms with Crippen molar-refractivity contribution in [3.05, 3.63) is 58.7 Å². The molecule has 2 heterocycles. The number of aryl methyl sites for hydroxylation is 1. The predicted octanol–water partition coefficient (Wildman–Crippen LogP) is 5.41. The molecule has 4 N–H and O–H groups in total. The molecule has 35 heavy (non-hydrogen) atoms. The minimum Gasteiger partial charge on any atom is -0.393 e. The van der Waals surface area contributed by atoms with Crippen molar-refractivity contribution in [3.8, 4) is 0 Å². The Bertz CT molecular complexity index is 1140. The van der Waals surface area contributed by atoms with Crippen LogP contribution in [0.1, 0.15) is 68.7 Å². The second-order valence-corrected chi connectivity index (χ2v) is 9.92. The maximum atomic E-state index is 9.45. The standard InChI is InChI=1S/C29H40N6/c1-4-13-35-14-12-26(34-23-8-6-5-7-9-23)25(19-35)29(31)28-20(2)10-11-21-15-27(33-18-24(21)28)22(16-30)17-32-3/h10-11,15-18,23,30-32,34H,4-9,12-14,19H2,1-3H3/b22-17+,30-16?,31-29?. The van der Waals surface area contributed by atoms with E-state index in [0.717, 1.165) is 71.2 Å². The van der Waals surface area contributed by atoms with Crippen LogP contribution in [0.4, 0.5) is 0 Å². The first-order valence-electron chi connectivity index (χ1n) is 13.1. The molecular weight excluding hydrogens is 432 g/mol. The van der Waals surface area contributed by atoms with Gasteiger partial charge in [-0.05, 0) is 49.7 Å². The van der Waals surface area contributed by atoms with Gasteiger partial charge >= 0.3 is 0 Å². The van der Waals surface area contributed by atoms with Gasteiger partial charge in [-0.2, -0.15) is 0 Å². The Hall–Kier alpha value is -2.99. The summed E-state index contributed by atoms with van der Waals surface area (Å²) in [6.45, 7) is 7.28. The highest BCUT2D eigenvalue weighted by Crippen LogP contribution is 2.30. The highest BCUT2D eigenvalue weighted by molar-refractivity contribution is 6.19. The first-order valence-corrected chi connectivity index (χ1v) is 13.1. The molecule has 0 atom stereocenters. The number of nitrogens with one attached hydrogen (secondary N) is 4. The van der Waals surface area contributed by atoms with Crippen molar-refractivity contribution in [1.82, 2.24) is 20.5 Å². The number of fused-ring (bicyclic) bond motifs is 1. The van der Waals surface area contributed by atoms with Crippen LogP contribution in [0.25, 0.3) is 16.3 Å². The Labute approximate surface area is 209 Å². The van der Waals surface area contributed by atoms with Gasteiger partial charge in [0.05, 0.1) is 11.4 Å². The Balaban J connectivity index is 1.75. The van der Waals surface area contributed by atoms with E-state index in [1.165, 1.54) is 44.0 Å². The molecule has 1 fully saturated rings. The summed E-state index contributed by atoms with van der Waals surface area (Å²) in [6, 6.07) is 6.78. The third-order valence-corrected chi connectivity index (χ3v) is 7.36. The lowest BCUT2D eigenvalue weighted by Crippen LogP contribution is -2.41. The molecule has 1 aliphatic carbocycles. The normalized spacial score (nSPS) is 18.1. The van der Waals surface area contributed by atoms with Crippen LogP contribution in [-0.2, 0) is 0 Å². The summed E-state index contributed by atoms with van der Waals surface area (Å²) in [7, 11) is 1.83. The molecule has 2 aromatic rings. The zero-order chi connectivity index (χ0) is 24.8. The first kappa shape index (κ1) is 25.1. The number of rotatable bonds is 9. The van der Waals surface area contributed by atoms with E-state index in [0.29, 0.717) is 11.8 Å². The summed E-state index contributed by atoms with van der Waals surface area (Å²) < 4.78 is 0. The van der Waals surface area contributed by atoms with E-state index < -0.39 is 0 Å². The molecule has 0 spiro atoms. The van der Waals surface area contributed by atoms with E-state index in [1.807, 2.05) is 19.3 Å². The van der Waals surface area contributed by atoms with Gasteiger partial charge in [0.15, 0.2) is 0 Å². The van der Waals surface area contributed by atoms with Gasteiger partial charge < -0.3 is 16.0 Å². The van der Waals surface area contributed by atoms with Crippen molar-refractivity contribution in [2.24, 2.45) is 0 Å². The lowest BCUT2D eigenvalue weighted by molar-refractivity contribution is 0.280. The number of aromatic nitrogens is 1. The molecule has 0 bridgehead atoms. The number of nitrogens with zero attached hydrogens (tertiary/aromatic N) is 2. The van der Waals surface area contributed by atoms with Crippen LogP contribution in [0.5, 0.6) is 0 Å². The third kappa shape index (κ3) is 5.64. The summed E-state index contributed by atoms with van der Waals surface area (Å²) in [5.41, 5.74) is 6.62. The summed E-state index contributed by atoms with van der Waals surface area (Å²) in [4.78, 5) is 7.18. The molecule has 4 rings (SSSR count). The second-order valence-electron chi connectivity index (χ2n) is 9.92. The van der Waals surface area contributed by atoms with Gasteiger partial charge in [-0.1, -0.05) is 38.3 Å². The Morgan fingerprint density at radius 2 is 2.03 bits per heavy atom. The van der Waals surface area contributed by atoms with E-state index in [9.17, 15) is 5.41 Å². The van der Waals surface area contributed by atoms with Crippen molar-refractivity contribution >= 4 is 28.3 Å². The molecule has 6 nitrogen and oxygen atoms in total. The predicted molar refractivity (Wildman–Crippen MR) is 148 cm³/mol. The topological polar surface area (TPSA) is 87.9 Å². The SMILES string of the molecule is CCCN1CCC(NC2CCCCC2)=C(C(=N)c2c(C)ccc3cc(/C(C=N)=C/NC)ncc23)C1. The molecule has 6 heteroatoms. The molecule has 2 aliphatic rings. The van der Waals surface area contributed by atoms with Gasteiger partial charge in [0.1, 0.15) is 0 Å². The zero-order valence-electron chi connectivity index (χ0n) is 21.5. The summed E-state index contributed by atoms with van der Waals surface area (Å²) >= 11 is 0. The number of hydrogen-bond donors (Lipinski definition) is 4. The molecule has 186 valence electrons. The molecule has 1 aromatic heterocycles. The van der Waals surface area contributed by atoms with Crippen molar-refractivity contribution in [2.75, 3.05) is 26.7 Å². The molecule has 1 aliphatic heterocycles. The zero-order valence-corrected chi connectivity index (χ0v) is 21.5. The van der Waals surface area contributed by atoms with Crippen LogP contribution < -0.4 is 10.6 Å². The molecule has 0 unspecified atom stereocenters. The van der Waals surface area contributed by atoms with Crippen molar-refractivity contribution in [3.63, 3.8) is 0 Å². The Morgan fingerprint density at radius 3 is 2.74 bits per heavy atom. The Morgan fingerprint density at radius 1 is 1.23 bits per heavy atom. The van der Waals surface area contributed by atoms with Crippen molar-refractivity contribution in [2.45, 2.75) is 64.8 Å². The van der Waals surface area contributed by atoms with E-state index in [1.54, 1.807) is 6.20 Å². The molecule has 1 aromatic carbocycles. The average molecular weight is 473 g/mol. The smallest absolute Gasteiger partial charge is 0.0738 e. The Kier molecular flexibility index (Phi) is 8.34. The number of hydrogen-bond acceptors (Lipinski definition) is 6. The number of allylic oxidation sites excluding steroid dienone is 1. The summed E-state index contributed by atoms with van der Waals surface area (Å²) in [5.74, 6) is 0. The average Bonchev–Trinajstić information content (AvgIpc) is 2.88. The largest absolute Gasteiger partial charge is 0.393 e. The van der Waals surface area contributed by atoms with Gasteiger partial charge in [0.2, 0.25) is 0 Å². The lowest BCUT2D eigenvalue weighted by atomic mass is 9.89. The van der Waals surface area contributed by atoms with Crippen LogP contribution in [-0.4, -0.2) is 54.5 Å². The maximum Gasteiger partial charge on any atom is 0.0738 e. The van der Waals surface area contributed by atoms with Gasteiger partial charge in [-0.25, -0.2) is 0 Å². The number of pyridine rings is 1. The fourth-order valence-electron chi connectivity index (χ4n) is 5.52. The van der Waals surface area contributed by atoms with Crippen molar-refractivity contribution in [1.29, 1.82) is 10.8 Å². The van der Waals surface area contributed by atoms with Crippen LogP contribution in [0, 0.1) is 17.7 Å². The lowest BCUT2D eigenvalue weighted by Gasteiger charge is -2.34. The molecule has 0 amide bonds. The minimum atomic E-state index is 0.538. The quantitative estimate of drug-likeness (QED) is 0.367. The fraction of sp³-hybridized carbons (Fsp3) is 0.483. The van der Waals surface area contributed by atoms with E-state index in [2.05, 4.69) is 46.5 Å². The first-order chi connectivity index (χ1) is 17.0. The highest BCUT2D eigenvalue weighted by atomic mass is 15.1. The van der Waals surface area contributed by atoms with E-state index in [-0.39, 0.29) is 0 Å². The van der Waals surface area contributed by atoms with Gasteiger partial charge in [-0.3, -0.25) is 15.3 Å². The molecule has 0 radical (unpaired) electrons. The van der Waals surface area contributed by atoms with Crippen molar-refractivity contribution < 1.29 is 0 Å². The monoisotopic (exact) mass is 472 g/mol. The maximum absolute atomic E-state index is 9.45. The van der Waals surface area contributed by atoms with Gasteiger partial charge in [-0.15, -0.1) is 0 Å². The van der Waals surface area contributed by atoms with Crippen LogP contribution in [0.3, 0.4) is 0 Å². The van der Waals surface area contributed by atoms with Crippen LogP contribution in [0.15, 0.2) is 41.9 Å². The summed E-state index contributed by atoms with van der Waals surface area (Å²) in [6.07, 6.45) is 13.5. The van der Waals surface area contributed by atoms with E-state index in [4.69, 9.17) is 5.41 Å². The number of benzene rings is 1. The van der Waals surface area contributed by atoms with Crippen LogP contribution >= 0.6 is 0 Å². The third-order valence-electron chi connectivity index (χ3n) is 7.36. The van der Waals surface area contributed by atoms with E-state index >= 15 is 0 Å². The molecular formula is C29H40N6. The molecule has 1 saturated carbocycles. The van der Waals surface area contributed by atoms with Gasteiger partial charge in [0.25, 0.3) is 0 Å². The van der Waals surface area contributed by atoms with Crippen LogP contribution in [0.2, 0.25) is 0 Å². The fourth-order valence-corrected chi connectivity index (χ4v) is 5.52. The summed E-state index contributed by atoms with van der Waals surface area (Å²) in [5, 5.41) is 26.1. The van der Waals surface area contributed by atoms with Gasteiger partial charge in [0, 0.05) is 79.0 Å².